The highest BCUT2D eigenvalue weighted by atomic mass is 19.4. The van der Waals surface area contributed by atoms with Crippen LogP contribution >= 0.6 is 0 Å². The molecule has 0 bridgehead atoms. The van der Waals surface area contributed by atoms with E-state index >= 15 is 0 Å². The van der Waals surface area contributed by atoms with Gasteiger partial charge in [0, 0.05) is 62.8 Å². The van der Waals surface area contributed by atoms with Gasteiger partial charge in [-0.1, -0.05) is 42.5 Å². The third kappa shape index (κ3) is 8.57. The standard InChI is InChI=1S/C35H38F3N7O2/c1-24(41-34(47)31-7-5-4-6-30(31)26-10-12-28(13-11-26)35(36,37)38)21-43(2)22-32(46)39-20-25-8-14-29(15-9-25)45-18-16-27(17-19-45)33-42-40-23-44(33)3/h4-15,21,23,27H,16-20,22H2,1-3H3,(H,39,46)(H,41,47)/b24-21+. The first-order chi connectivity index (χ1) is 22.5. The molecule has 5 rings (SSSR count). The maximum atomic E-state index is 13.1. The number of halogens is 3. The maximum absolute atomic E-state index is 13.1. The van der Waals surface area contributed by atoms with Gasteiger partial charge in [-0.25, -0.2) is 0 Å². The van der Waals surface area contributed by atoms with Crippen LogP contribution in [0.1, 0.15) is 53.0 Å². The van der Waals surface area contributed by atoms with Crippen LogP contribution in [0.3, 0.4) is 0 Å². The van der Waals surface area contributed by atoms with Crippen molar-refractivity contribution in [1.29, 1.82) is 0 Å². The smallest absolute Gasteiger partial charge is 0.371 e. The molecule has 2 heterocycles. The van der Waals surface area contributed by atoms with Crippen molar-refractivity contribution >= 4 is 17.5 Å². The number of rotatable bonds is 10. The second-order valence-corrected chi connectivity index (χ2v) is 11.8. The van der Waals surface area contributed by atoms with E-state index in [9.17, 15) is 22.8 Å². The molecule has 47 heavy (non-hydrogen) atoms. The largest absolute Gasteiger partial charge is 0.416 e. The van der Waals surface area contributed by atoms with Crippen LogP contribution in [0.5, 0.6) is 0 Å². The Morgan fingerprint density at radius 3 is 2.32 bits per heavy atom. The number of aromatic nitrogens is 3. The van der Waals surface area contributed by atoms with Crippen LogP contribution in [0.25, 0.3) is 11.1 Å². The van der Waals surface area contributed by atoms with Crippen molar-refractivity contribution in [1.82, 2.24) is 30.3 Å². The Labute approximate surface area is 272 Å². The van der Waals surface area contributed by atoms with Crippen LogP contribution in [-0.2, 0) is 24.6 Å². The zero-order valence-electron chi connectivity index (χ0n) is 26.6. The molecule has 246 valence electrons. The fourth-order valence-corrected chi connectivity index (χ4v) is 5.79. The molecular formula is C35H38F3N7O2. The molecule has 1 saturated heterocycles. The fourth-order valence-electron chi connectivity index (χ4n) is 5.79. The Hall–Kier alpha value is -5.13. The Morgan fingerprint density at radius 2 is 1.68 bits per heavy atom. The van der Waals surface area contributed by atoms with E-state index < -0.39 is 17.6 Å². The van der Waals surface area contributed by atoms with E-state index in [1.165, 1.54) is 12.1 Å². The number of alkyl halides is 3. The summed E-state index contributed by atoms with van der Waals surface area (Å²) in [5.74, 6) is 0.868. The Bertz CT molecular complexity index is 1710. The summed E-state index contributed by atoms with van der Waals surface area (Å²) in [5, 5.41) is 14.0. The summed E-state index contributed by atoms with van der Waals surface area (Å²) < 4.78 is 41.0. The van der Waals surface area contributed by atoms with Gasteiger partial charge >= 0.3 is 6.18 Å². The molecule has 3 aromatic carbocycles. The average Bonchev–Trinajstić information content (AvgIpc) is 3.49. The van der Waals surface area contributed by atoms with E-state index in [-0.39, 0.29) is 12.5 Å². The topological polar surface area (TPSA) is 95.4 Å². The zero-order valence-corrected chi connectivity index (χ0v) is 26.6. The van der Waals surface area contributed by atoms with Crippen molar-refractivity contribution in [2.24, 2.45) is 7.05 Å². The van der Waals surface area contributed by atoms with Gasteiger partial charge in [0.15, 0.2) is 0 Å². The number of hydrogen-bond donors (Lipinski definition) is 2. The van der Waals surface area contributed by atoms with Gasteiger partial charge in [-0.3, -0.25) is 9.59 Å². The number of piperidine rings is 1. The molecule has 0 spiro atoms. The monoisotopic (exact) mass is 645 g/mol. The van der Waals surface area contributed by atoms with Crippen LogP contribution in [-0.4, -0.2) is 58.2 Å². The molecule has 1 fully saturated rings. The molecule has 1 aliphatic heterocycles. The third-order valence-corrected chi connectivity index (χ3v) is 8.21. The van der Waals surface area contributed by atoms with Crippen molar-refractivity contribution in [3.63, 3.8) is 0 Å². The lowest BCUT2D eigenvalue weighted by molar-refractivity contribution is -0.137. The quantitative estimate of drug-likeness (QED) is 0.229. The summed E-state index contributed by atoms with van der Waals surface area (Å²) in [6, 6.07) is 19.6. The lowest BCUT2D eigenvalue weighted by Gasteiger charge is -2.33. The van der Waals surface area contributed by atoms with E-state index in [1.54, 1.807) is 55.7 Å². The van der Waals surface area contributed by atoms with Crippen LogP contribution in [0.2, 0.25) is 0 Å². The molecule has 9 nitrogen and oxygen atoms in total. The molecule has 0 unspecified atom stereocenters. The maximum Gasteiger partial charge on any atom is 0.416 e. The summed E-state index contributed by atoms with van der Waals surface area (Å²) in [7, 11) is 3.71. The van der Waals surface area contributed by atoms with Gasteiger partial charge in [0.1, 0.15) is 12.2 Å². The number of benzene rings is 3. The number of allylic oxidation sites excluding steroid dienone is 1. The van der Waals surface area contributed by atoms with Gasteiger partial charge < -0.3 is 25.0 Å². The predicted molar refractivity (Wildman–Crippen MR) is 174 cm³/mol. The molecule has 1 aliphatic rings. The van der Waals surface area contributed by atoms with Crippen molar-refractivity contribution in [2.45, 2.75) is 38.4 Å². The van der Waals surface area contributed by atoms with E-state index in [2.05, 4.69) is 37.9 Å². The normalized spacial score (nSPS) is 14.2. The number of amides is 2. The highest BCUT2D eigenvalue weighted by molar-refractivity contribution is 6.01. The predicted octanol–water partition coefficient (Wildman–Crippen LogP) is 5.72. The Morgan fingerprint density at radius 1 is 1.00 bits per heavy atom. The van der Waals surface area contributed by atoms with Gasteiger partial charge in [-0.2, -0.15) is 13.2 Å². The second-order valence-electron chi connectivity index (χ2n) is 11.8. The molecule has 0 atom stereocenters. The van der Waals surface area contributed by atoms with Crippen molar-refractivity contribution in [2.75, 3.05) is 31.6 Å². The summed E-state index contributed by atoms with van der Waals surface area (Å²) in [6.07, 6.45) is 0.997. The van der Waals surface area contributed by atoms with Crippen LogP contribution in [0, 0.1) is 0 Å². The molecule has 4 aromatic rings. The molecule has 0 radical (unpaired) electrons. The number of carbonyl (C=O) groups excluding carboxylic acids is 2. The molecule has 1 aromatic heterocycles. The second kappa shape index (κ2) is 14.5. The molecule has 2 amide bonds. The first-order valence-corrected chi connectivity index (χ1v) is 15.4. The highest BCUT2D eigenvalue weighted by Gasteiger charge is 2.30. The number of nitrogens with zero attached hydrogens (tertiary/aromatic N) is 5. The minimum Gasteiger partial charge on any atom is -0.371 e. The van der Waals surface area contributed by atoms with E-state index in [1.807, 2.05) is 23.7 Å². The van der Waals surface area contributed by atoms with Gasteiger partial charge in [-0.15, -0.1) is 10.2 Å². The lowest BCUT2D eigenvalue weighted by Crippen LogP contribution is -2.34. The Balaban J connectivity index is 1.08. The number of carbonyl (C=O) groups is 2. The van der Waals surface area contributed by atoms with Crippen molar-refractivity contribution < 1.29 is 22.8 Å². The number of hydrogen-bond acceptors (Lipinski definition) is 6. The summed E-state index contributed by atoms with van der Waals surface area (Å²) in [4.78, 5) is 29.8. The fraction of sp³-hybridized carbons (Fsp3) is 0.314. The van der Waals surface area contributed by atoms with Crippen LogP contribution < -0.4 is 15.5 Å². The highest BCUT2D eigenvalue weighted by Crippen LogP contribution is 2.32. The van der Waals surface area contributed by atoms with Crippen LogP contribution in [0.4, 0.5) is 18.9 Å². The van der Waals surface area contributed by atoms with E-state index in [0.29, 0.717) is 34.9 Å². The Kier molecular flexibility index (Phi) is 10.3. The number of aryl methyl sites for hydroxylation is 1. The van der Waals surface area contributed by atoms with Crippen molar-refractivity contribution in [3.8, 4) is 11.1 Å². The van der Waals surface area contributed by atoms with E-state index in [4.69, 9.17) is 0 Å². The first kappa shape index (κ1) is 33.2. The average molecular weight is 646 g/mol. The summed E-state index contributed by atoms with van der Waals surface area (Å²) in [5.41, 5.74) is 3.21. The van der Waals surface area contributed by atoms with Crippen LogP contribution in [0.15, 0.2) is 91.0 Å². The number of nitrogens with one attached hydrogen (secondary N) is 2. The molecule has 12 heteroatoms. The summed E-state index contributed by atoms with van der Waals surface area (Å²) >= 11 is 0. The molecule has 2 N–H and O–H groups in total. The molecular weight excluding hydrogens is 607 g/mol. The third-order valence-electron chi connectivity index (χ3n) is 8.21. The van der Waals surface area contributed by atoms with Gasteiger partial charge in [0.2, 0.25) is 5.91 Å². The van der Waals surface area contributed by atoms with Gasteiger partial charge in [-0.05, 0) is 66.8 Å². The minimum atomic E-state index is -4.44. The van der Waals surface area contributed by atoms with E-state index in [0.717, 1.165) is 55.1 Å². The SMILES string of the molecule is C/C(=C\N(C)CC(=O)NCc1ccc(N2CCC(c3nncn3C)CC2)cc1)NC(=O)c1ccccc1-c1ccc(C(F)(F)F)cc1. The number of anilines is 1. The zero-order chi connectivity index (χ0) is 33.6. The van der Waals surface area contributed by atoms with Gasteiger partial charge in [0.25, 0.3) is 5.91 Å². The molecule has 0 saturated carbocycles. The van der Waals surface area contributed by atoms with Gasteiger partial charge in [0.05, 0.1) is 12.1 Å². The summed E-state index contributed by atoms with van der Waals surface area (Å²) in [6.45, 7) is 4.06. The first-order valence-electron chi connectivity index (χ1n) is 15.4. The lowest BCUT2D eigenvalue weighted by atomic mass is 9.95. The number of likely N-dealkylation sites (N-methyl/N-ethyl adjacent to an activating group) is 1. The molecule has 0 aliphatic carbocycles. The van der Waals surface area contributed by atoms with Crippen molar-refractivity contribution in [3.05, 3.63) is 114 Å². The minimum absolute atomic E-state index is 0.0773.